The number of benzene rings is 2. The molecule has 0 saturated carbocycles. The standard InChI is InChI=1S/C21H29NO2/c1-2-3-14-22(15-7-8-16-23)20-12-9-13-21(17-20)24-18-19-10-5-4-6-11-19/h4-6,9-13,17,23H,2-3,7-8,14-16,18H2,1H3. The number of aliphatic hydroxyl groups is 1. The molecule has 0 saturated heterocycles. The summed E-state index contributed by atoms with van der Waals surface area (Å²) in [7, 11) is 0. The number of anilines is 1. The molecule has 0 aliphatic carbocycles. The Balaban J connectivity index is 1.99. The molecule has 2 aromatic rings. The smallest absolute Gasteiger partial charge is 0.121 e. The van der Waals surface area contributed by atoms with Crippen LogP contribution in [-0.4, -0.2) is 24.8 Å². The van der Waals surface area contributed by atoms with Crippen molar-refractivity contribution in [1.82, 2.24) is 0 Å². The van der Waals surface area contributed by atoms with Crippen molar-refractivity contribution < 1.29 is 9.84 Å². The molecule has 0 radical (unpaired) electrons. The van der Waals surface area contributed by atoms with Gasteiger partial charge in [0.1, 0.15) is 12.4 Å². The highest BCUT2D eigenvalue weighted by atomic mass is 16.5. The summed E-state index contributed by atoms with van der Waals surface area (Å²) in [5.41, 5.74) is 2.38. The third-order valence-corrected chi connectivity index (χ3v) is 4.05. The van der Waals surface area contributed by atoms with E-state index in [0.717, 1.165) is 31.7 Å². The van der Waals surface area contributed by atoms with Gasteiger partial charge in [0.2, 0.25) is 0 Å². The molecule has 3 heteroatoms. The lowest BCUT2D eigenvalue weighted by Crippen LogP contribution is -2.25. The maximum Gasteiger partial charge on any atom is 0.121 e. The van der Waals surface area contributed by atoms with E-state index in [1.807, 2.05) is 24.3 Å². The third-order valence-electron chi connectivity index (χ3n) is 4.05. The van der Waals surface area contributed by atoms with Gasteiger partial charge in [0.15, 0.2) is 0 Å². The summed E-state index contributed by atoms with van der Waals surface area (Å²) in [5, 5.41) is 9.01. The molecule has 0 spiro atoms. The van der Waals surface area contributed by atoms with E-state index in [-0.39, 0.29) is 6.61 Å². The fraction of sp³-hybridized carbons (Fsp3) is 0.429. The maximum atomic E-state index is 9.01. The number of hydrogen-bond acceptors (Lipinski definition) is 3. The lowest BCUT2D eigenvalue weighted by molar-refractivity contribution is 0.285. The van der Waals surface area contributed by atoms with Gasteiger partial charge in [0, 0.05) is 31.5 Å². The topological polar surface area (TPSA) is 32.7 Å². The van der Waals surface area contributed by atoms with Gasteiger partial charge in [-0.05, 0) is 37.0 Å². The first-order chi connectivity index (χ1) is 11.8. The van der Waals surface area contributed by atoms with Crippen LogP contribution in [0, 0.1) is 0 Å². The van der Waals surface area contributed by atoms with E-state index in [0.29, 0.717) is 6.61 Å². The second-order valence-corrected chi connectivity index (χ2v) is 6.04. The average Bonchev–Trinajstić information content (AvgIpc) is 2.64. The normalized spacial score (nSPS) is 10.6. The molecule has 2 aromatic carbocycles. The fourth-order valence-electron chi connectivity index (χ4n) is 2.64. The van der Waals surface area contributed by atoms with Gasteiger partial charge < -0.3 is 14.7 Å². The molecule has 0 atom stereocenters. The monoisotopic (exact) mass is 327 g/mol. The molecule has 0 amide bonds. The number of nitrogens with zero attached hydrogens (tertiary/aromatic N) is 1. The first kappa shape index (κ1) is 18.3. The van der Waals surface area contributed by atoms with Crippen LogP contribution in [0.5, 0.6) is 5.75 Å². The Kier molecular flexibility index (Phi) is 8.19. The Morgan fingerprint density at radius 1 is 0.917 bits per heavy atom. The molecule has 130 valence electrons. The van der Waals surface area contributed by atoms with Crippen LogP contribution >= 0.6 is 0 Å². The summed E-state index contributed by atoms with van der Waals surface area (Å²) in [5.74, 6) is 0.903. The Hall–Kier alpha value is -2.00. The van der Waals surface area contributed by atoms with Crippen molar-refractivity contribution in [3.63, 3.8) is 0 Å². The van der Waals surface area contributed by atoms with Crippen LogP contribution in [0.15, 0.2) is 54.6 Å². The van der Waals surface area contributed by atoms with Gasteiger partial charge in [-0.1, -0.05) is 49.7 Å². The van der Waals surface area contributed by atoms with E-state index in [1.54, 1.807) is 0 Å². The molecule has 0 aliphatic heterocycles. The Labute approximate surface area is 145 Å². The fourth-order valence-corrected chi connectivity index (χ4v) is 2.64. The van der Waals surface area contributed by atoms with Crippen molar-refractivity contribution in [3.8, 4) is 5.75 Å². The van der Waals surface area contributed by atoms with E-state index >= 15 is 0 Å². The Morgan fingerprint density at radius 3 is 2.46 bits per heavy atom. The minimum absolute atomic E-state index is 0.266. The van der Waals surface area contributed by atoms with Crippen LogP contribution in [0.4, 0.5) is 5.69 Å². The highest BCUT2D eigenvalue weighted by molar-refractivity contribution is 5.50. The summed E-state index contributed by atoms with van der Waals surface area (Å²) in [6.45, 7) is 5.09. The molecular weight excluding hydrogens is 298 g/mol. The average molecular weight is 327 g/mol. The molecular formula is C21H29NO2. The van der Waals surface area contributed by atoms with E-state index in [1.165, 1.54) is 24.1 Å². The molecule has 0 heterocycles. The molecule has 24 heavy (non-hydrogen) atoms. The summed E-state index contributed by atoms with van der Waals surface area (Å²) < 4.78 is 5.95. The molecule has 3 nitrogen and oxygen atoms in total. The molecule has 0 fully saturated rings. The van der Waals surface area contributed by atoms with Crippen LogP contribution in [0.3, 0.4) is 0 Å². The van der Waals surface area contributed by atoms with Gasteiger partial charge in [-0.15, -0.1) is 0 Å². The summed E-state index contributed by atoms with van der Waals surface area (Å²) >= 11 is 0. The second kappa shape index (κ2) is 10.7. The number of unbranched alkanes of at least 4 members (excludes halogenated alkanes) is 2. The molecule has 0 bridgehead atoms. The summed E-state index contributed by atoms with van der Waals surface area (Å²) in [6, 6.07) is 18.6. The number of aliphatic hydroxyl groups excluding tert-OH is 1. The quantitative estimate of drug-likeness (QED) is 0.610. The van der Waals surface area contributed by atoms with Gasteiger partial charge in [-0.25, -0.2) is 0 Å². The van der Waals surface area contributed by atoms with Crippen molar-refractivity contribution in [1.29, 1.82) is 0 Å². The first-order valence-electron chi connectivity index (χ1n) is 8.96. The van der Waals surface area contributed by atoms with Crippen molar-refractivity contribution in [2.75, 3.05) is 24.6 Å². The number of rotatable bonds is 11. The first-order valence-corrected chi connectivity index (χ1v) is 8.96. The predicted octanol–water partition coefficient (Wildman–Crippen LogP) is 4.64. The van der Waals surface area contributed by atoms with Crippen LogP contribution in [-0.2, 0) is 6.61 Å². The highest BCUT2D eigenvalue weighted by Crippen LogP contribution is 2.23. The highest BCUT2D eigenvalue weighted by Gasteiger charge is 2.07. The van der Waals surface area contributed by atoms with Crippen molar-refractivity contribution in [3.05, 3.63) is 60.2 Å². The largest absolute Gasteiger partial charge is 0.489 e. The van der Waals surface area contributed by atoms with Gasteiger partial charge in [-0.2, -0.15) is 0 Å². The molecule has 0 unspecified atom stereocenters. The summed E-state index contributed by atoms with van der Waals surface area (Å²) in [6.07, 6.45) is 4.22. The molecule has 1 N–H and O–H groups in total. The van der Waals surface area contributed by atoms with Gasteiger partial charge in [0.25, 0.3) is 0 Å². The van der Waals surface area contributed by atoms with E-state index < -0.39 is 0 Å². The Morgan fingerprint density at radius 2 is 1.71 bits per heavy atom. The van der Waals surface area contributed by atoms with Crippen molar-refractivity contribution in [2.45, 2.75) is 39.2 Å². The molecule has 0 aliphatic rings. The molecule has 2 rings (SSSR count). The second-order valence-electron chi connectivity index (χ2n) is 6.04. The van der Waals surface area contributed by atoms with Crippen LogP contribution in [0.1, 0.15) is 38.2 Å². The molecule has 0 aromatic heterocycles. The van der Waals surface area contributed by atoms with Gasteiger partial charge in [-0.3, -0.25) is 0 Å². The minimum Gasteiger partial charge on any atom is -0.489 e. The van der Waals surface area contributed by atoms with E-state index in [9.17, 15) is 0 Å². The van der Waals surface area contributed by atoms with Crippen LogP contribution in [0.25, 0.3) is 0 Å². The maximum absolute atomic E-state index is 9.01. The minimum atomic E-state index is 0.266. The number of ether oxygens (including phenoxy) is 1. The number of hydrogen-bond donors (Lipinski definition) is 1. The van der Waals surface area contributed by atoms with E-state index in [2.05, 4.69) is 42.2 Å². The summed E-state index contributed by atoms with van der Waals surface area (Å²) in [4.78, 5) is 2.40. The van der Waals surface area contributed by atoms with Gasteiger partial charge in [0.05, 0.1) is 0 Å². The zero-order valence-electron chi connectivity index (χ0n) is 14.7. The predicted molar refractivity (Wildman–Crippen MR) is 101 cm³/mol. The lowest BCUT2D eigenvalue weighted by Gasteiger charge is -2.25. The van der Waals surface area contributed by atoms with Crippen LogP contribution < -0.4 is 9.64 Å². The zero-order valence-corrected chi connectivity index (χ0v) is 14.7. The van der Waals surface area contributed by atoms with Crippen molar-refractivity contribution >= 4 is 5.69 Å². The SMILES string of the molecule is CCCCN(CCCCO)c1cccc(OCc2ccccc2)c1. The van der Waals surface area contributed by atoms with Crippen LogP contribution in [0.2, 0.25) is 0 Å². The third kappa shape index (κ3) is 6.25. The Bertz CT molecular complexity index is 571. The van der Waals surface area contributed by atoms with E-state index in [4.69, 9.17) is 9.84 Å². The lowest BCUT2D eigenvalue weighted by atomic mass is 10.2. The van der Waals surface area contributed by atoms with Crippen molar-refractivity contribution in [2.24, 2.45) is 0 Å². The zero-order chi connectivity index (χ0) is 17.0. The van der Waals surface area contributed by atoms with Gasteiger partial charge >= 0.3 is 0 Å².